The zero-order valence-electron chi connectivity index (χ0n) is 15.0. The number of nitro benzene ring substituents is 1. The van der Waals surface area contributed by atoms with Crippen molar-refractivity contribution in [3.8, 4) is 0 Å². The molecule has 0 radical (unpaired) electrons. The summed E-state index contributed by atoms with van der Waals surface area (Å²) in [5.74, 6) is -0.407. The highest BCUT2D eigenvalue weighted by Crippen LogP contribution is 2.41. The molecule has 1 amide bonds. The lowest BCUT2D eigenvalue weighted by Gasteiger charge is -2.33. The fourth-order valence-corrected chi connectivity index (χ4v) is 4.65. The van der Waals surface area contributed by atoms with Gasteiger partial charge in [0, 0.05) is 17.5 Å². The zero-order chi connectivity index (χ0) is 19.1. The van der Waals surface area contributed by atoms with Crippen LogP contribution >= 0.6 is 0 Å². The third-order valence-electron chi connectivity index (χ3n) is 5.86. The number of aromatic amines is 1. The summed E-state index contributed by atoms with van der Waals surface area (Å²) in [5.41, 5.74) is 0.507. The van der Waals surface area contributed by atoms with Crippen LogP contribution in [-0.2, 0) is 9.53 Å². The van der Waals surface area contributed by atoms with E-state index in [0.717, 1.165) is 25.7 Å². The topological polar surface area (TPSA) is 106 Å². The second-order valence-electron chi connectivity index (χ2n) is 7.28. The molecule has 2 aromatic rings. The molecular formula is C19H21N3O5. The SMILES string of the molecule is COC(=O)[C@@H]1C[C@H]2CCCC[C@@H]2N1C(=O)c1cc2cccc([N+](=O)[O-])c2[nH]1. The van der Waals surface area contributed by atoms with E-state index in [0.29, 0.717) is 23.2 Å². The molecule has 0 spiro atoms. The summed E-state index contributed by atoms with van der Waals surface area (Å²) in [6.07, 6.45) is 4.61. The van der Waals surface area contributed by atoms with Crippen LogP contribution in [-0.4, -0.2) is 45.9 Å². The lowest BCUT2D eigenvalue weighted by Crippen LogP contribution is -2.46. The van der Waals surface area contributed by atoms with Gasteiger partial charge in [0.2, 0.25) is 0 Å². The van der Waals surface area contributed by atoms with Gasteiger partial charge in [0.1, 0.15) is 17.3 Å². The maximum Gasteiger partial charge on any atom is 0.328 e. The predicted octanol–water partition coefficient (Wildman–Crippen LogP) is 3.02. The quantitative estimate of drug-likeness (QED) is 0.507. The minimum atomic E-state index is -0.600. The van der Waals surface area contributed by atoms with E-state index in [1.807, 2.05) is 0 Å². The zero-order valence-corrected chi connectivity index (χ0v) is 15.0. The van der Waals surface area contributed by atoms with Crippen LogP contribution in [0.4, 0.5) is 5.69 Å². The van der Waals surface area contributed by atoms with Crippen LogP contribution in [0, 0.1) is 16.0 Å². The molecule has 1 aromatic heterocycles. The fraction of sp³-hybridized carbons (Fsp3) is 0.474. The van der Waals surface area contributed by atoms with Gasteiger partial charge in [-0.3, -0.25) is 14.9 Å². The van der Waals surface area contributed by atoms with Crippen LogP contribution in [0.1, 0.15) is 42.6 Å². The molecule has 1 aromatic carbocycles. The van der Waals surface area contributed by atoms with E-state index in [2.05, 4.69) is 4.98 Å². The molecule has 27 heavy (non-hydrogen) atoms. The lowest BCUT2D eigenvalue weighted by atomic mass is 9.84. The van der Waals surface area contributed by atoms with E-state index in [9.17, 15) is 19.7 Å². The number of carbonyl (C=O) groups excluding carboxylic acids is 2. The first-order valence-corrected chi connectivity index (χ1v) is 9.18. The molecule has 2 aliphatic rings. The molecule has 1 aliphatic heterocycles. The average molecular weight is 371 g/mol. The molecule has 142 valence electrons. The predicted molar refractivity (Wildman–Crippen MR) is 97.3 cm³/mol. The minimum Gasteiger partial charge on any atom is -0.467 e. The first-order chi connectivity index (χ1) is 13.0. The number of non-ortho nitro benzene ring substituents is 1. The number of rotatable bonds is 3. The van der Waals surface area contributed by atoms with Gasteiger partial charge in [0.05, 0.1) is 12.0 Å². The average Bonchev–Trinajstić information content (AvgIpc) is 3.28. The van der Waals surface area contributed by atoms with Gasteiger partial charge in [-0.05, 0) is 31.2 Å². The number of ether oxygens (including phenoxy) is 1. The standard InChI is InChI=1S/C19H21N3O5/c1-27-19(24)16-10-11-5-2-3-7-14(11)21(16)18(23)13-9-12-6-4-8-15(22(25)26)17(12)20-13/h4,6,8-9,11,14,16,20H,2-3,5,7,10H2,1H3/t11-,14+,16+/m1/s1. The monoisotopic (exact) mass is 371 g/mol. The largest absolute Gasteiger partial charge is 0.467 e. The van der Waals surface area contributed by atoms with Gasteiger partial charge >= 0.3 is 5.97 Å². The van der Waals surface area contributed by atoms with Crippen LogP contribution in [0.25, 0.3) is 10.9 Å². The number of amides is 1. The highest BCUT2D eigenvalue weighted by atomic mass is 16.6. The van der Waals surface area contributed by atoms with Crippen molar-refractivity contribution in [1.82, 2.24) is 9.88 Å². The van der Waals surface area contributed by atoms with Crippen molar-refractivity contribution in [2.45, 2.75) is 44.2 Å². The number of para-hydroxylation sites is 1. The van der Waals surface area contributed by atoms with Crippen molar-refractivity contribution in [1.29, 1.82) is 0 Å². The van der Waals surface area contributed by atoms with Gasteiger partial charge in [-0.1, -0.05) is 25.0 Å². The van der Waals surface area contributed by atoms with E-state index < -0.39 is 16.9 Å². The molecule has 0 unspecified atom stereocenters. The number of nitrogens with zero attached hydrogens (tertiary/aromatic N) is 2. The van der Waals surface area contributed by atoms with E-state index in [1.165, 1.54) is 13.2 Å². The smallest absolute Gasteiger partial charge is 0.328 e. The molecule has 8 nitrogen and oxygen atoms in total. The first-order valence-electron chi connectivity index (χ1n) is 9.18. The van der Waals surface area contributed by atoms with Gasteiger partial charge in [0.25, 0.3) is 11.6 Å². The Morgan fingerprint density at radius 2 is 2.07 bits per heavy atom. The van der Waals surface area contributed by atoms with Gasteiger partial charge in [0.15, 0.2) is 0 Å². The Bertz CT molecular complexity index is 921. The summed E-state index contributed by atoms with van der Waals surface area (Å²) in [5, 5.41) is 11.8. The number of carbonyl (C=O) groups is 2. The number of aromatic nitrogens is 1. The van der Waals surface area contributed by atoms with Crippen molar-refractivity contribution in [2.75, 3.05) is 7.11 Å². The number of hydrogen-bond donors (Lipinski definition) is 1. The Morgan fingerprint density at radius 3 is 2.81 bits per heavy atom. The Hall–Kier alpha value is -2.90. The number of H-pyrrole nitrogens is 1. The van der Waals surface area contributed by atoms with Crippen molar-refractivity contribution in [3.05, 3.63) is 40.1 Å². The number of methoxy groups -OCH3 is 1. The highest BCUT2D eigenvalue weighted by molar-refractivity contribution is 6.01. The van der Waals surface area contributed by atoms with E-state index in [1.54, 1.807) is 23.1 Å². The molecule has 1 saturated carbocycles. The molecule has 4 rings (SSSR count). The number of likely N-dealkylation sites (tertiary alicyclic amines) is 1. The van der Waals surface area contributed by atoms with Gasteiger partial charge in [-0.2, -0.15) is 0 Å². The molecule has 3 atom stereocenters. The van der Waals surface area contributed by atoms with Crippen molar-refractivity contribution >= 4 is 28.5 Å². The maximum atomic E-state index is 13.3. The summed E-state index contributed by atoms with van der Waals surface area (Å²) in [7, 11) is 1.33. The van der Waals surface area contributed by atoms with Gasteiger partial charge < -0.3 is 14.6 Å². The van der Waals surface area contributed by atoms with Crippen LogP contribution < -0.4 is 0 Å². The number of nitro groups is 1. The Labute approximate surface area is 155 Å². The van der Waals surface area contributed by atoms with E-state index in [-0.39, 0.29) is 23.3 Å². The highest BCUT2D eigenvalue weighted by Gasteiger charge is 2.48. The molecule has 8 heteroatoms. The molecule has 2 fully saturated rings. The molecule has 2 heterocycles. The van der Waals surface area contributed by atoms with Crippen LogP contribution in [0.15, 0.2) is 24.3 Å². The number of fused-ring (bicyclic) bond motifs is 2. The molecule has 1 N–H and O–H groups in total. The van der Waals surface area contributed by atoms with Crippen LogP contribution in [0.3, 0.4) is 0 Å². The van der Waals surface area contributed by atoms with Crippen LogP contribution in [0.2, 0.25) is 0 Å². The third-order valence-corrected chi connectivity index (χ3v) is 5.86. The number of esters is 1. The summed E-state index contributed by atoms with van der Waals surface area (Å²) in [4.78, 5) is 40.9. The van der Waals surface area contributed by atoms with Crippen molar-refractivity contribution in [3.63, 3.8) is 0 Å². The Balaban J connectivity index is 1.73. The maximum absolute atomic E-state index is 13.3. The first kappa shape index (κ1) is 17.5. The number of hydrogen-bond acceptors (Lipinski definition) is 5. The van der Waals surface area contributed by atoms with Gasteiger partial charge in [-0.15, -0.1) is 0 Å². The summed E-state index contributed by atoms with van der Waals surface area (Å²) in [6, 6.07) is 5.74. The van der Waals surface area contributed by atoms with E-state index >= 15 is 0 Å². The van der Waals surface area contributed by atoms with Crippen LogP contribution in [0.5, 0.6) is 0 Å². The third kappa shape index (κ3) is 2.85. The van der Waals surface area contributed by atoms with E-state index in [4.69, 9.17) is 4.74 Å². The fourth-order valence-electron chi connectivity index (χ4n) is 4.65. The van der Waals surface area contributed by atoms with Crippen molar-refractivity contribution in [2.24, 2.45) is 5.92 Å². The van der Waals surface area contributed by atoms with Crippen molar-refractivity contribution < 1.29 is 19.2 Å². The Morgan fingerprint density at radius 1 is 1.30 bits per heavy atom. The molecule has 1 saturated heterocycles. The second-order valence-corrected chi connectivity index (χ2v) is 7.28. The number of nitrogens with one attached hydrogen (secondary N) is 1. The second kappa shape index (κ2) is 6.68. The Kier molecular flexibility index (Phi) is 4.33. The lowest BCUT2D eigenvalue weighted by molar-refractivity contribution is -0.383. The van der Waals surface area contributed by atoms with Gasteiger partial charge in [-0.25, -0.2) is 4.79 Å². The normalized spacial score (nSPS) is 24.6. The summed E-state index contributed by atoms with van der Waals surface area (Å²) in [6.45, 7) is 0. The molecular weight excluding hydrogens is 350 g/mol. The minimum absolute atomic E-state index is 0.0109. The number of benzene rings is 1. The molecule has 0 bridgehead atoms. The summed E-state index contributed by atoms with van der Waals surface area (Å²) >= 11 is 0. The molecule has 1 aliphatic carbocycles. The summed E-state index contributed by atoms with van der Waals surface area (Å²) < 4.78 is 4.93.